The summed E-state index contributed by atoms with van der Waals surface area (Å²) < 4.78 is 0.757. The van der Waals surface area contributed by atoms with E-state index in [9.17, 15) is 4.79 Å². The van der Waals surface area contributed by atoms with Crippen LogP contribution in [0.3, 0.4) is 0 Å². The maximum Gasteiger partial charge on any atom is 0.224 e. The third kappa shape index (κ3) is 6.25. The first-order valence-corrected chi connectivity index (χ1v) is 8.18. The highest BCUT2D eigenvalue weighted by Gasteiger charge is 2.21. The second-order valence-corrected chi connectivity index (χ2v) is 8.14. The zero-order chi connectivity index (χ0) is 15.3. The van der Waals surface area contributed by atoms with Crippen molar-refractivity contribution in [3.63, 3.8) is 0 Å². The van der Waals surface area contributed by atoms with Gasteiger partial charge in [0.2, 0.25) is 5.91 Å². The molecule has 0 fully saturated rings. The summed E-state index contributed by atoms with van der Waals surface area (Å²) in [6, 6.07) is 3.76. The molecule has 0 aromatic carbocycles. The molecular weight excluding hydrogens is 292 g/mol. The van der Waals surface area contributed by atoms with E-state index in [1.807, 2.05) is 24.0 Å². The van der Waals surface area contributed by atoms with E-state index < -0.39 is 0 Å². The molecule has 114 valence electrons. The Morgan fingerprint density at radius 1 is 1.45 bits per heavy atom. The summed E-state index contributed by atoms with van der Waals surface area (Å²) in [5.74, 6) is 0.119. The van der Waals surface area contributed by atoms with Gasteiger partial charge in [-0.05, 0) is 30.9 Å². The molecule has 1 atom stereocenters. The van der Waals surface area contributed by atoms with Gasteiger partial charge >= 0.3 is 0 Å². The van der Waals surface area contributed by atoms with Crippen molar-refractivity contribution in [3.8, 4) is 0 Å². The Kier molecular flexibility index (Phi) is 6.49. The van der Waals surface area contributed by atoms with Gasteiger partial charge in [-0.3, -0.25) is 4.79 Å². The quantitative estimate of drug-likeness (QED) is 0.865. The molecule has 0 aliphatic heterocycles. The summed E-state index contributed by atoms with van der Waals surface area (Å²) in [6.45, 7) is 9.72. The molecular formula is C15H25ClN2OS. The molecule has 0 aliphatic carbocycles. The van der Waals surface area contributed by atoms with Crippen molar-refractivity contribution in [1.29, 1.82) is 0 Å². The number of amides is 1. The van der Waals surface area contributed by atoms with E-state index in [1.54, 1.807) is 0 Å². The van der Waals surface area contributed by atoms with Crippen molar-refractivity contribution in [1.82, 2.24) is 4.90 Å². The number of nitrogens with zero attached hydrogens (tertiary/aromatic N) is 1. The predicted molar refractivity (Wildman–Crippen MR) is 87.1 cm³/mol. The highest BCUT2D eigenvalue weighted by atomic mass is 35.5. The predicted octanol–water partition coefficient (Wildman–Crippen LogP) is 3.90. The lowest BCUT2D eigenvalue weighted by molar-refractivity contribution is -0.132. The number of hydrogen-bond donors (Lipinski definition) is 1. The van der Waals surface area contributed by atoms with Gasteiger partial charge in [-0.15, -0.1) is 11.3 Å². The van der Waals surface area contributed by atoms with Gasteiger partial charge in [0.05, 0.1) is 10.9 Å². The standard InChI is InChI=1S/C15H25ClN2OS/c1-5-18(10-12-6-7-13(16)20-12)14(19)8-11(17)9-15(2,3)4/h6-7,11H,5,8-10,17H2,1-4H3. The number of carbonyl (C=O) groups is 1. The topological polar surface area (TPSA) is 46.3 Å². The van der Waals surface area contributed by atoms with Crippen molar-refractivity contribution >= 4 is 28.8 Å². The zero-order valence-electron chi connectivity index (χ0n) is 12.8. The number of nitrogens with two attached hydrogens (primary N) is 1. The molecule has 1 aromatic heterocycles. The lowest BCUT2D eigenvalue weighted by atomic mass is 9.87. The van der Waals surface area contributed by atoms with Gasteiger partial charge in [-0.25, -0.2) is 0 Å². The van der Waals surface area contributed by atoms with Crippen molar-refractivity contribution < 1.29 is 4.79 Å². The second-order valence-electron chi connectivity index (χ2n) is 6.34. The minimum absolute atomic E-state index is 0.0801. The fourth-order valence-electron chi connectivity index (χ4n) is 2.21. The van der Waals surface area contributed by atoms with Gasteiger partial charge in [0.15, 0.2) is 0 Å². The molecule has 1 rings (SSSR count). The number of thiophene rings is 1. The molecule has 0 spiro atoms. The van der Waals surface area contributed by atoms with E-state index in [0.29, 0.717) is 19.5 Å². The first-order chi connectivity index (χ1) is 9.21. The Hall–Kier alpha value is -0.580. The van der Waals surface area contributed by atoms with Crippen LogP contribution >= 0.6 is 22.9 Å². The fourth-order valence-corrected chi connectivity index (χ4v) is 3.32. The molecule has 0 aliphatic rings. The zero-order valence-corrected chi connectivity index (χ0v) is 14.4. The molecule has 0 bridgehead atoms. The van der Waals surface area contributed by atoms with Crippen LogP contribution in [0.2, 0.25) is 4.34 Å². The summed E-state index contributed by atoms with van der Waals surface area (Å²) in [7, 11) is 0. The number of hydrogen-bond acceptors (Lipinski definition) is 3. The molecule has 1 heterocycles. The van der Waals surface area contributed by atoms with E-state index in [1.165, 1.54) is 11.3 Å². The number of carbonyl (C=O) groups excluding carboxylic acids is 1. The van der Waals surface area contributed by atoms with Gasteiger partial charge in [-0.1, -0.05) is 32.4 Å². The molecule has 20 heavy (non-hydrogen) atoms. The minimum Gasteiger partial charge on any atom is -0.338 e. The molecule has 5 heteroatoms. The van der Waals surface area contributed by atoms with Gasteiger partial charge < -0.3 is 10.6 Å². The normalized spacial score (nSPS) is 13.3. The van der Waals surface area contributed by atoms with Crippen molar-refractivity contribution in [2.24, 2.45) is 11.1 Å². The summed E-state index contributed by atoms with van der Waals surface area (Å²) in [6.07, 6.45) is 1.26. The highest BCUT2D eigenvalue weighted by Crippen LogP contribution is 2.24. The van der Waals surface area contributed by atoms with E-state index in [-0.39, 0.29) is 17.4 Å². The van der Waals surface area contributed by atoms with Crippen molar-refractivity contribution in [2.45, 2.75) is 53.1 Å². The maximum absolute atomic E-state index is 12.3. The van der Waals surface area contributed by atoms with Crippen molar-refractivity contribution in [2.75, 3.05) is 6.54 Å². The molecule has 3 nitrogen and oxygen atoms in total. The van der Waals surface area contributed by atoms with Crippen LogP contribution in [0.25, 0.3) is 0 Å². The molecule has 1 aromatic rings. The summed E-state index contributed by atoms with van der Waals surface area (Å²) in [5, 5.41) is 0. The Labute approximate surface area is 131 Å². The van der Waals surface area contributed by atoms with E-state index in [2.05, 4.69) is 20.8 Å². The largest absolute Gasteiger partial charge is 0.338 e. The molecule has 1 unspecified atom stereocenters. The Bertz CT molecular complexity index is 439. The molecule has 0 radical (unpaired) electrons. The third-order valence-corrected chi connectivity index (χ3v) is 4.24. The lowest BCUT2D eigenvalue weighted by Crippen LogP contribution is -2.36. The minimum atomic E-state index is -0.0801. The van der Waals surface area contributed by atoms with Crippen LogP contribution in [0.15, 0.2) is 12.1 Å². The molecule has 0 saturated heterocycles. The van der Waals surface area contributed by atoms with Crippen LogP contribution in [-0.2, 0) is 11.3 Å². The Morgan fingerprint density at radius 3 is 2.55 bits per heavy atom. The van der Waals surface area contributed by atoms with Crippen molar-refractivity contribution in [3.05, 3.63) is 21.3 Å². The fraction of sp³-hybridized carbons (Fsp3) is 0.667. The average Bonchev–Trinajstić information content (AvgIpc) is 2.68. The van der Waals surface area contributed by atoms with E-state index >= 15 is 0 Å². The van der Waals surface area contributed by atoms with Gasteiger partial charge in [-0.2, -0.15) is 0 Å². The summed E-state index contributed by atoms with van der Waals surface area (Å²) in [5.41, 5.74) is 6.24. The summed E-state index contributed by atoms with van der Waals surface area (Å²) in [4.78, 5) is 15.2. The first-order valence-electron chi connectivity index (χ1n) is 6.99. The van der Waals surface area contributed by atoms with Crippen LogP contribution in [-0.4, -0.2) is 23.4 Å². The lowest BCUT2D eigenvalue weighted by Gasteiger charge is -2.26. The van der Waals surface area contributed by atoms with Crippen LogP contribution in [0.4, 0.5) is 0 Å². The monoisotopic (exact) mass is 316 g/mol. The highest BCUT2D eigenvalue weighted by molar-refractivity contribution is 7.16. The second kappa shape index (κ2) is 7.43. The number of rotatable bonds is 6. The smallest absolute Gasteiger partial charge is 0.224 e. The molecule has 1 amide bonds. The van der Waals surface area contributed by atoms with Gasteiger partial charge in [0, 0.05) is 23.9 Å². The van der Waals surface area contributed by atoms with Gasteiger partial charge in [0.1, 0.15) is 0 Å². The maximum atomic E-state index is 12.3. The molecule has 2 N–H and O–H groups in total. The Morgan fingerprint density at radius 2 is 2.10 bits per heavy atom. The van der Waals surface area contributed by atoms with E-state index in [4.69, 9.17) is 17.3 Å². The third-order valence-electron chi connectivity index (χ3n) is 3.02. The van der Waals surface area contributed by atoms with Crippen LogP contribution in [0.5, 0.6) is 0 Å². The van der Waals surface area contributed by atoms with Crippen LogP contribution in [0.1, 0.15) is 45.4 Å². The van der Waals surface area contributed by atoms with Crippen LogP contribution in [0, 0.1) is 5.41 Å². The Balaban J connectivity index is 2.54. The van der Waals surface area contributed by atoms with E-state index in [0.717, 1.165) is 15.6 Å². The number of halogens is 1. The average molecular weight is 317 g/mol. The van der Waals surface area contributed by atoms with Crippen LogP contribution < -0.4 is 5.73 Å². The molecule has 0 saturated carbocycles. The SMILES string of the molecule is CCN(Cc1ccc(Cl)s1)C(=O)CC(N)CC(C)(C)C. The summed E-state index contributed by atoms with van der Waals surface area (Å²) >= 11 is 7.44. The first kappa shape index (κ1) is 17.5. The van der Waals surface area contributed by atoms with Gasteiger partial charge in [0.25, 0.3) is 0 Å².